The second-order valence-corrected chi connectivity index (χ2v) is 8.68. The van der Waals surface area contributed by atoms with E-state index >= 15 is 0 Å². The van der Waals surface area contributed by atoms with Gasteiger partial charge >= 0.3 is 0 Å². The van der Waals surface area contributed by atoms with Crippen LogP contribution in [-0.4, -0.2) is 28.8 Å². The lowest BCUT2D eigenvalue weighted by atomic mass is 9.85. The molecule has 2 aromatic rings. The van der Waals surface area contributed by atoms with E-state index in [0.717, 1.165) is 61.8 Å². The Bertz CT molecular complexity index is 854. The van der Waals surface area contributed by atoms with E-state index in [4.69, 9.17) is 5.73 Å². The molecule has 158 valence electrons. The van der Waals surface area contributed by atoms with Gasteiger partial charge in [0.15, 0.2) is 0 Å². The van der Waals surface area contributed by atoms with Gasteiger partial charge in [-0.2, -0.15) is 0 Å². The van der Waals surface area contributed by atoms with Crippen molar-refractivity contribution in [3.63, 3.8) is 0 Å². The van der Waals surface area contributed by atoms with Crippen molar-refractivity contribution in [1.29, 1.82) is 0 Å². The minimum Gasteiger partial charge on any atom is -0.331 e. The fourth-order valence-electron chi connectivity index (χ4n) is 4.33. The first-order chi connectivity index (χ1) is 14.6. The number of benzene rings is 2. The minimum atomic E-state index is 0.0680. The van der Waals surface area contributed by atoms with Crippen molar-refractivity contribution in [1.82, 2.24) is 4.90 Å². The van der Waals surface area contributed by atoms with E-state index in [1.54, 1.807) is 0 Å². The van der Waals surface area contributed by atoms with E-state index in [2.05, 4.69) is 5.32 Å². The van der Waals surface area contributed by atoms with Gasteiger partial charge in [-0.3, -0.25) is 9.59 Å². The zero-order valence-corrected chi connectivity index (χ0v) is 17.4. The van der Waals surface area contributed by atoms with Gasteiger partial charge in [-0.05, 0) is 68.4 Å². The molecule has 0 saturated heterocycles. The highest BCUT2D eigenvalue weighted by Crippen LogP contribution is 2.28. The van der Waals surface area contributed by atoms with Crippen LogP contribution in [0.25, 0.3) is 0 Å². The first-order valence-electron chi connectivity index (χ1n) is 11.1. The Morgan fingerprint density at radius 2 is 1.57 bits per heavy atom. The Kier molecular flexibility index (Phi) is 6.48. The molecule has 2 aliphatic carbocycles. The summed E-state index contributed by atoms with van der Waals surface area (Å²) in [7, 11) is 0. The van der Waals surface area contributed by atoms with Gasteiger partial charge in [0.1, 0.15) is 0 Å². The van der Waals surface area contributed by atoms with Crippen molar-refractivity contribution in [2.24, 2.45) is 11.7 Å². The average Bonchev–Trinajstić information content (AvgIpc) is 2.73. The largest absolute Gasteiger partial charge is 0.331 e. The van der Waals surface area contributed by atoms with Crippen LogP contribution in [-0.2, 0) is 11.3 Å². The number of nitrogens with zero attached hydrogens (tertiary/aromatic N) is 1. The smallest absolute Gasteiger partial charge is 0.254 e. The van der Waals surface area contributed by atoms with E-state index in [1.807, 2.05) is 59.5 Å². The summed E-state index contributed by atoms with van der Waals surface area (Å²) in [5, 5.41) is 3.01. The summed E-state index contributed by atoms with van der Waals surface area (Å²) in [5.74, 6) is 0.355. The van der Waals surface area contributed by atoms with Crippen molar-refractivity contribution >= 4 is 17.5 Å². The average molecular weight is 406 g/mol. The third-order valence-electron chi connectivity index (χ3n) is 6.51. The highest BCUT2D eigenvalue weighted by atomic mass is 16.2. The summed E-state index contributed by atoms with van der Waals surface area (Å²) >= 11 is 0. The van der Waals surface area contributed by atoms with Crippen molar-refractivity contribution in [2.75, 3.05) is 5.32 Å². The van der Waals surface area contributed by atoms with E-state index in [0.29, 0.717) is 6.54 Å². The second-order valence-electron chi connectivity index (χ2n) is 8.68. The van der Waals surface area contributed by atoms with Crippen molar-refractivity contribution in [3.05, 3.63) is 65.7 Å². The first-order valence-corrected chi connectivity index (χ1v) is 11.1. The Morgan fingerprint density at radius 1 is 0.900 bits per heavy atom. The standard InChI is InChI=1S/C25H31N3O2/c26-21-11-15-23(16-12-21)28(25(30)20-5-2-1-3-6-20)17-18-9-13-22(14-10-18)27-24(29)19-7-4-8-19/h1-3,5-6,9-10,13-14,19,21,23H,4,7-8,11-12,15-17,26H2,(H,27,29). The Balaban J connectivity index is 1.46. The van der Waals surface area contributed by atoms with E-state index in [1.165, 1.54) is 0 Å². The maximum absolute atomic E-state index is 13.3. The Morgan fingerprint density at radius 3 is 2.17 bits per heavy atom. The Hall–Kier alpha value is -2.66. The quantitative estimate of drug-likeness (QED) is 0.751. The molecule has 2 amide bonds. The molecule has 3 N–H and O–H groups in total. The predicted octanol–water partition coefficient (Wildman–Crippen LogP) is 4.34. The van der Waals surface area contributed by atoms with E-state index < -0.39 is 0 Å². The maximum atomic E-state index is 13.3. The molecule has 0 radical (unpaired) electrons. The van der Waals surface area contributed by atoms with Crippen LogP contribution in [0.3, 0.4) is 0 Å². The molecule has 2 aromatic carbocycles. The van der Waals surface area contributed by atoms with Gasteiger partial charge in [0.2, 0.25) is 5.91 Å². The van der Waals surface area contributed by atoms with Gasteiger partial charge in [0.05, 0.1) is 0 Å². The molecule has 2 fully saturated rings. The van der Waals surface area contributed by atoms with Gasteiger partial charge in [-0.25, -0.2) is 0 Å². The van der Waals surface area contributed by atoms with Crippen molar-refractivity contribution in [2.45, 2.75) is 63.6 Å². The molecule has 0 aromatic heterocycles. The van der Waals surface area contributed by atoms with E-state index in [9.17, 15) is 9.59 Å². The van der Waals surface area contributed by atoms with Crippen LogP contribution < -0.4 is 11.1 Å². The molecule has 30 heavy (non-hydrogen) atoms. The maximum Gasteiger partial charge on any atom is 0.254 e. The monoisotopic (exact) mass is 405 g/mol. The van der Waals surface area contributed by atoms with Gasteiger partial charge in [0.25, 0.3) is 5.91 Å². The van der Waals surface area contributed by atoms with Crippen LogP contribution in [0.4, 0.5) is 5.69 Å². The lowest BCUT2D eigenvalue weighted by Gasteiger charge is -2.36. The topological polar surface area (TPSA) is 75.4 Å². The van der Waals surface area contributed by atoms with Crippen LogP contribution in [0, 0.1) is 5.92 Å². The number of hydrogen-bond acceptors (Lipinski definition) is 3. The molecular formula is C25H31N3O2. The van der Waals surface area contributed by atoms with Gasteiger partial charge in [-0.1, -0.05) is 36.8 Å². The highest BCUT2D eigenvalue weighted by Gasteiger charge is 2.29. The zero-order chi connectivity index (χ0) is 20.9. The highest BCUT2D eigenvalue weighted by molar-refractivity contribution is 5.94. The third kappa shape index (κ3) is 4.90. The summed E-state index contributed by atoms with van der Waals surface area (Å²) in [5.41, 5.74) is 8.70. The summed E-state index contributed by atoms with van der Waals surface area (Å²) < 4.78 is 0. The summed E-state index contributed by atoms with van der Waals surface area (Å²) in [4.78, 5) is 27.5. The van der Waals surface area contributed by atoms with Crippen LogP contribution >= 0.6 is 0 Å². The third-order valence-corrected chi connectivity index (χ3v) is 6.51. The van der Waals surface area contributed by atoms with Crippen LogP contribution in [0.5, 0.6) is 0 Å². The molecule has 0 atom stereocenters. The number of rotatable bonds is 6. The van der Waals surface area contributed by atoms with Crippen molar-refractivity contribution < 1.29 is 9.59 Å². The number of nitrogens with two attached hydrogens (primary N) is 1. The second kappa shape index (κ2) is 9.43. The normalized spacial score (nSPS) is 21.5. The molecule has 0 unspecified atom stereocenters. The number of carbonyl (C=O) groups is 2. The summed E-state index contributed by atoms with van der Waals surface area (Å²) in [6, 6.07) is 17.8. The summed E-state index contributed by atoms with van der Waals surface area (Å²) in [6.45, 7) is 0.560. The fourth-order valence-corrected chi connectivity index (χ4v) is 4.33. The number of carbonyl (C=O) groups excluding carboxylic acids is 2. The van der Waals surface area contributed by atoms with Gasteiger partial charge in [-0.15, -0.1) is 0 Å². The van der Waals surface area contributed by atoms with Gasteiger partial charge < -0.3 is 16.0 Å². The van der Waals surface area contributed by atoms with Crippen LogP contribution in [0.1, 0.15) is 60.9 Å². The van der Waals surface area contributed by atoms with Crippen LogP contribution in [0.2, 0.25) is 0 Å². The molecule has 0 aliphatic heterocycles. The lowest BCUT2D eigenvalue weighted by molar-refractivity contribution is -0.122. The molecule has 0 heterocycles. The summed E-state index contributed by atoms with van der Waals surface area (Å²) in [6.07, 6.45) is 6.92. The molecular weight excluding hydrogens is 374 g/mol. The van der Waals surface area contributed by atoms with Crippen LogP contribution in [0.15, 0.2) is 54.6 Å². The predicted molar refractivity (Wildman–Crippen MR) is 119 cm³/mol. The first kappa shape index (κ1) is 20.6. The number of amides is 2. The molecule has 2 saturated carbocycles. The fraction of sp³-hybridized carbons (Fsp3) is 0.440. The SMILES string of the molecule is NC1CCC(N(Cc2ccc(NC(=O)C3CCC3)cc2)C(=O)c2ccccc2)CC1. The molecule has 5 nitrogen and oxygen atoms in total. The molecule has 0 bridgehead atoms. The zero-order valence-electron chi connectivity index (χ0n) is 17.4. The minimum absolute atomic E-state index is 0.0680. The number of hydrogen-bond donors (Lipinski definition) is 2. The van der Waals surface area contributed by atoms with Crippen molar-refractivity contribution in [3.8, 4) is 0 Å². The molecule has 5 heteroatoms. The Labute approximate surface area is 178 Å². The number of nitrogens with one attached hydrogen (secondary N) is 1. The molecule has 4 rings (SSSR count). The van der Waals surface area contributed by atoms with E-state index in [-0.39, 0.29) is 29.8 Å². The lowest BCUT2D eigenvalue weighted by Crippen LogP contribution is -2.43. The number of anilines is 1. The molecule has 0 spiro atoms. The molecule has 2 aliphatic rings. The van der Waals surface area contributed by atoms with Gasteiger partial charge in [0, 0.05) is 35.8 Å².